The van der Waals surface area contributed by atoms with E-state index in [1.807, 2.05) is 84.9 Å². The monoisotopic (exact) mass is 312 g/mol. The number of hydrogen-bond donors (Lipinski definition) is 1. The third kappa shape index (κ3) is 2.61. The van der Waals surface area contributed by atoms with E-state index in [2.05, 4.69) is 5.32 Å². The Kier molecular flexibility index (Phi) is 3.67. The summed E-state index contributed by atoms with van der Waals surface area (Å²) in [6.07, 6.45) is 0. The summed E-state index contributed by atoms with van der Waals surface area (Å²) < 4.78 is 0. The lowest BCUT2D eigenvalue weighted by atomic mass is 10.0. The van der Waals surface area contributed by atoms with Crippen LogP contribution in [0.15, 0.2) is 89.9 Å². The molecule has 0 spiro atoms. The van der Waals surface area contributed by atoms with Crippen molar-refractivity contribution < 1.29 is 4.79 Å². The van der Waals surface area contributed by atoms with Gasteiger partial charge in [-0.05, 0) is 11.6 Å². The van der Waals surface area contributed by atoms with E-state index in [4.69, 9.17) is 4.99 Å². The lowest BCUT2D eigenvalue weighted by Crippen LogP contribution is -2.18. The number of nitrogens with zero attached hydrogens (tertiary/aromatic N) is 1. The zero-order valence-corrected chi connectivity index (χ0v) is 13.0. The number of aliphatic imine (C=N–C) groups is 1. The van der Waals surface area contributed by atoms with Crippen LogP contribution >= 0.6 is 0 Å². The number of hydrogen-bond acceptors (Lipinski definition) is 2. The fourth-order valence-electron chi connectivity index (χ4n) is 2.94. The van der Waals surface area contributed by atoms with Crippen molar-refractivity contribution in [3.63, 3.8) is 0 Å². The summed E-state index contributed by atoms with van der Waals surface area (Å²) in [6, 6.07) is 26.9. The van der Waals surface area contributed by atoms with Gasteiger partial charge in [0.2, 0.25) is 0 Å². The van der Waals surface area contributed by atoms with Crippen molar-refractivity contribution in [1.29, 1.82) is 0 Å². The molecule has 1 heterocycles. The molecule has 0 unspecified atom stereocenters. The predicted octanol–water partition coefficient (Wildman–Crippen LogP) is 4.22. The SMILES string of the molecule is O=C1Nc2ccccc2C(c2ccccc2)=N[C@H]1c1ccccc1. The van der Waals surface area contributed by atoms with Crippen LogP contribution < -0.4 is 5.32 Å². The Balaban J connectivity index is 1.92. The Morgan fingerprint density at radius 2 is 1.38 bits per heavy atom. The van der Waals surface area contributed by atoms with E-state index in [1.54, 1.807) is 0 Å². The number of amides is 1. The fourth-order valence-corrected chi connectivity index (χ4v) is 2.94. The maximum absolute atomic E-state index is 12.7. The highest BCUT2D eigenvalue weighted by Gasteiger charge is 2.26. The van der Waals surface area contributed by atoms with Crippen molar-refractivity contribution >= 4 is 17.3 Å². The highest BCUT2D eigenvalue weighted by Crippen LogP contribution is 2.29. The highest BCUT2D eigenvalue weighted by molar-refractivity contribution is 6.19. The summed E-state index contributed by atoms with van der Waals surface area (Å²) >= 11 is 0. The van der Waals surface area contributed by atoms with Crippen molar-refractivity contribution in [2.45, 2.75) is 6.04 Å². The molecule has 1 N–H and O–H groups in total. The van der Waals surface area contributed by atoms with Gasteiger partial charge in [-0.3, -0.25) is 9.79 Å². The molecular formula is C21H16N2O. The fraction of sp³-hybridized carbons (Fsp3) is 0.0476. The first-order valence-corrected chi connectivity index (χ1v) is 7.91. The van der Waals surface area contributed by atoms with Gasteiger partial charge in [-0.2, -0.15) is 0 Å². The van der Waals surface area contributed by atoms with Crippen molar-refractivity contribution in [2.24, 2.45) is 4.99 Å². The minimum absolute atomic E-state index is 0.111. The van der Waals surface area contributed by atoms with Crippen LogP contribution in [0.4, 0.5) is 5.69 Å². The first kappa shape index (κ1) is 14.4. The van der Waals surface area contributed by atoms with Gasteiger partial charge >= 0.3 is 0 Å². The molecule has 3 aromatic carbocycles. The number of anilines is 1. The quantitative estimate of drug-likeness (QED) is 0.756. The molecular weight excluding hydrogens is 296 g/mol. The molecule has 116 valence electrons. The van der Waals surface area contributed by atoms with Crippen LogP contribution in [0.25, 0.3) is 0 Å². The lowest BCUT2D eigenvalue weighted by molar-refractivity contribution is -0.117. The van der Waals surface area contributed by atoms with E-state index in [9.17, 15) is 4.79 Å². The summed E-state index contributed by atoms with van der Waals surface area (Å²) in [7, 11) is 0. The molecule has 3 heteroatoms. The summed E-state index contributed by atoms with van der Waals surface area (Å²) in [6.45, 7) is 0. The summed E-state index contributed by atoms with van der Waals surface area (Å²) in [5.74, 6) is -0.111. The van der Waals surface area contributed by atoms with Crippen LogP contribution in [-0.4, -0.2) is 11.6 Å². The van der Waals surface area contributed by atoms with Crippen LogP contribution in [0, 0.1) is 0 Å². The molecule has 1 amide bonds. The third-order valence-electron chi connectivity index (χ3n) is 4.11. The second kappa shape index (κ2) is 6.13. The standard InChI is InChI=1S/C21H16N2O/c24-21-20(16-11-5-2-6-12-16)23-19(15-9-3-1-4-10-15)17-13-7-8-14-18(17)22-21/h1-14,20H,(H,22,24)/t20-/m0/s1. The van der Waals surface area contributed by atoms with Crippen LogP contribution in [0.3, 0.4) is 0 Å². The summed E-state index contributed by atoms with van der Waals surface area (Å²) in [4.78, 5) is 17.6. The van der Waals surface area contributed by atoms with E-state index in [0.29, 0.717) is 0 Å². The molecule has 0 saturated carbocycles. The number of carbonyl (C=O) groups is 1. The second-order valence-electron chi connectivity index (χ2n) is 5.69. The van der Waals surface area contributed by atoms with Crippen molar-refractivity contribution in [3.8, 4) is 0 Å². The topological polar surface area (TPSA) is 41.5 Å². The highest BCUT2D eigenvalue weighted by atomic mass is 16.2. The zero-order chi connectivity index (χ0) is 16.4. The Morgan fingerprint density at radius 1 is 0.750 bits per heavy atom. The maximum Gasteiger partial charge on any atom is 0.253 e. The number of nitrogens with one attached hydrogen (secondary N) is 1. The van der Waals surface area contributed by atoms with E-state index < -0.39 is 6.04 Å². The number of rotatable bonds is 2. The molecule has 4 rings (SSSR count). The third-order valence-corrected chi connectivity index (χ3v) is 4.11. The predicted molar refractivity (Wildman–Crippen MR) is 96.3 cm³/mol. The van der Waals surface area contributed by atoms with Gasteiger partial charge in [0.15, 0.2) is 6.04 Å². The van der Waals surface area contributed by atoms with E-state index in [-0.39, 0.29) is 5.91 Å². The maximum atomic E-state index is 12.7. The van der Waals surface area contributed by atoms with Crippen molar-refractivity contribution in [2.75, 3.05) is 5.32 Å². The second-order valence-corrected chi connectivity index (χ2v) is 5.69. The van der Waals surface area contributed by atoms with Crippen molar-refractivity contribution in [3.05, 3.63) is 102 Å². The zero-order valence-electron chi connectivity index (χ0n) is 13.0. The molecule has 0 aromatic heterocycles. The first-order valence-electron chi connectivity index (χ1n) is 7.91. The smallest absolute Gasteiger partial charge is 0.253 e. The van der Waals surface area contributed by atoms with E-state index >= 15 is 0 Å². The van der Waals surface area contributed by atoms with Crippen LogP contribution in [0.1, 0.15) is 22.7 Å². The van der Waals surface area contributed by atoms with Gasteiger partial charge in [-0.25, -0.2) is 0 Å². The van der Waals surface area contributed by atoms with Crippen LogP contribution in [-0.2, 0) is 4.79 Å². The molecule has 1 aliphatic heterocycles. The molecule has 24 heavy (non-hydrogen) atoms. The lowest BCUT2D eigenvalue weighted by Gasteiger charge is -2.11. The molecule has 0 saturated heterocycles. The minimum Gasteiger partial charge on any atom is -0.323 e. The normalized spacial score (nSPS) is 16.6. The van der Waals surface area contributed by atoms with Gasteiger partial charge < -0.3 is 5.32 Å². The van der Waals surface area contributed by atoms with Gasteiger partial charge in [-0.1, -0.05) is 78.9 Å². The number of benzodiazepines with no additional fused rings is 1. The molecule has 0 aliphatic carbocycles. The van der Waals surface area contributed by atoms with Gasteiger partial charge in [0.05, 0.1) is 11.4 Å². The molecule has 3 nitrogen and oxygen atoms in total. The van der Waals surface area contributed by atoms with Gasteiger partial charge in [0.25, 0.3) is 5.91 Å². The first-order chi connectivity index (χ1) is 11.8. The molecule has 0 radical (unpaired) electrons. The number of para-hydroxylation sites is 1. The van der Waals surface area contributed by atoms with E-state index in [0.717, 1.165) is 28.1 Å². The Labute approximate surface area is 140 Å². The summed E-state index contributed by atoms with van der Waals surface area (Å²) in [5.41, 5.74) is 4.45. The van der Waals surface area contributed by atoms with Crippen LogP contribution in [0.5, 0.6) is 0 Å². The minimum atomic E-state index is -0.561. The number of benzene rings is 3. The average molecular weight is 312 g/mol. The molecule has 0 fully saturated rings. The molecule has 1 aliphatic rings. The molecule has 1 atom stereocenters. The Bertz CT molecular complexity index is 901. The number of fused-ring (bicyclic) bond motifs is 1. The average Bonchev–Trinajstić information content (AvgIpc) is 2.79. The largest absolute Gasteiger partial charge is 0.323 e. The van der Waals surface area contributed by atoms with Crippen molar-refractivity contribution in [1.82, 2.24) is 0 Å². The van der Waals surface area contributed by atoms with Gasteiger partial charge in [-0.15, -0.1) is 0 Å². The molecule has 0 bridgehead atoms. The van der Waals surface area contributed by atoms with Crippen LogP contribution in [0.2, 0.25) is 0 Å². The summed E-state index contributed by atoms with van der Waals surface area (Å²) in [5, 5.41) is 3.02. The Hall–Kier alpha value is -3.20. The Morgan fingerprint density at radius 3 is 2.12 bits per heavy atom. The number of carbonyl (C=O) groups excluding carboxylic acids is 1. The van der Waals surface area contributed by atoms with E-state index in [1.165, 1.54) is 0 Å². The van der Waals surface area contributed by atoms with Gasteiger partial charge in [0.1, 0.15) is 0 Å². The molecule has 3 aromatic rings. The van der Waals surface area contributed by atoms with Gasteiger partial charge in [0, 0.05) is 11.1 Å².